The van der Waals surface area contributed by atoms with Crippen molar-refractivity contribution >= 4 is 23.4 Å². The van der Waals surface area contributed by atoms with Crippen LogP contribution >= 0.6 is 11.8 Å². The number of nitrogens with two attached hydrogens (primary N) is 1. The monoisotopic (exact) mass is 254 g/mol. The highest BCUT2D eigenvalue weighted by molar-refractivity contribution is 7.98. The average molecular weight is 254 g/mol. The normalized spacial score (nSPS) is 10.0. The predicted molar refractivity (Wildman–Crippen MR) is 72.3 cm³/mol. The van der Waals surface area contributed by atoms with Gasteiger partial charge in [-0.2, -0.15) is 11.8 Å². The van der Waals surface area contributed by atoms with E-state index in [1.54, 1.807) is 24.9 Å². The molecule has 0 spiro atoms. The van der Waals surface area contributed by atoms with Gasteiger partial charge < -0.3 is 15.8 Å². The highest BCUT2D eigenvalue weighted by Gasteiger charge is 2.03. The Morgan fingerprint density at radius 1 is 1.53 bits per heavy atom. The number of anilines is 1. The number of carbonyl (C=O) groups excluding carboxylic acids is 1. The van der Waals surface area contributed by atoms with Gasteiger partial charge in [0, 0.05) is 18.7 Å². The SMILES string of the molecule is COc1ccc(CNC(=O)CCSC)cc1N. The van der Waals surface area contributed by atoms with Crippen LogP contribution in [0.4, 0.5) is 5.69 Å². The second-order valence-electron chi connectivity index (χ2n) is 3.60. The molecule has 1 aromatic carbocycles. The van der Waals surface area contributed by atoms with Gasteiger partial charge in [0.15, 0.2) is 0 Å². The zero-order chi connectivity index (χ0) is 12.7. The zero-order valence-electron chi connectivity index (χ0n) is 10.2. The summed E-state index contributed by atoms with van der Waals surface area (Å²) in [7, 11) is 1.58. The topological polar surface area (TPSA) is 64.3 Å². The summed E-state index contributed by atoms with van der Waals surface area (Å²) in [4.78, 5) is 11.4. The van der Waals surface area contributed by atoms with Crippen LogP contribution in [0.1, 0.15) is 12.0 Å². The summed E-state index contributed by atoms with van der Waals surface area (Å²) in [6, 6.07) is 5.51. The van der Waals surface area contributed by atoms with Crippen LogP contribution in [0.5, 0.6) is 5.75 Å². The fourth-order valence-electron chi connectivity index (χ4n) is 1.38. The lowest BCUT2D eigenvalue weighted by Crippen LogP contribution is -2.23. The number of thioether (sulfide) groups is 1. The summed E-state index contributed by atoms with van der Waals surface area (Å²) in [5.74, 6) is 1.56. The molecule has 0 radical (unpaired) electrons. The molecule has 17 heavy (non-hydrogen) atoms. The molecule has 0 unspecified atom stereocenters. The van der Waals surface area contributed by atoms with Crippen LogP contribution in [0.15, 0.2) is 18.2 Å². The molecule has 4 nitrogen and oxygen atoms in total. The van der Waals surface area contributed by atoms with Gasteiger partial charge in [0.2, 0.25) is 5.91 Å². The minimum Gasteiger partial charge on any atom is -0.495 e. The van der Waals surface area contributed by atoms with E-state index >= 15 is 0 Å². The molecule has 1 aromatic rings. The van der Waals surface area contributed by atoms with E-state index in [-0.39, 0.29) is 5.91 Å². The van der Waals surface area contributed by atoms with Crippen molar-refractivity contribution in [2.75, 3.05) is 24.9 Å². The molecule has 0 bridgehead atoms. The molecule has 0 saturated heterocycles. The van der Waals surface area contributed by atoms with Crippen molar-refractivity contribution in [2.45, 2.75) is 13.0 Å². The van der Waals surface area contributed by atoms with Gasteiger partial charge >= 0.3 is 0 Å². The number of carbonyl (C=O) groups is 1. The molecule has 0 atom stereocenters. The minimum absolute atomic E-state index is 0.0636. The predicted octanol–water partition coefficient (Wildman–Crippen LogP) is 1.65. The van der Waals surface area contributed by atoms with Crippen LogP contribution in [0, 0.1) is 0 Å². The van der Waals surface area contributed by atoms with Crippen LogP contribution in [0.2, 0.25) is 0 Å². The van der Waals surface area contributed by atoms with Gasteiger partial charge in [-0.3, -0.25) is 4.79 Å². The second kappa shape index (κ2) is 7.06. The Balaban J connectivity index is 2.47. The fraction of sp³-hybridized carbons (Fsp3) is 0.417. The van der Waals surface area contributed by atoms with Gasteiger partial charge in [0.25, 0.3) is 0 Å². The molecule has 0 saturated carbocycles. The van der Waals surface area contributed by atoms with E-state index in [1.165, 1.54) is 0 Å². The summed E-state index contributed by atoms with van der Waals surface area (Å²) in [6.07, 6.45) is 2.53. The Labute approximate surface area is 106 Å². The molecule has 0 heterocycles. The third-order valence-electron chi connectivity index (χ3n) is 2.32. The van der Waals surface area contributed by atoms with Gasteiger partial charge in [0.05, 0.1) is 12.8 Å². The Bertz CT molecular complexity index is 383. The molecule has 0 aromatic heterocycles. The third kappa shape index (κ3) is 4.56. The summed E-state index contributed by atoms with van der Waals surface area (Å²) in [5.41, 5.74) is 7.34. The molecule has 0 aliphatic carbocycles. The first-order valence-corrected chi connectivity index (χ1v) is 6.74. The van der Waals surface area contributed by atoms with Gasteiger partial charge in [-0.05, 0) is 24.0 Å². The maximum Gasteiger partial charge on any atom is 0.221 e. The largest absolute Gasteiger partial charge is 0.495 e. The standard InChI is InChI=1S/C12H18N2O2S/c1-16-11-4-3-9(7-10(11)13)8-14-12(15)5-6-17-2/h3-4,7H,5-6,8,13H2,1-2H3,(H,14,15). The van der Waals surface area contributed by atoms with E-state index in [0.717, 1.165) is 11.3 Å². The van der Waals surface area contributed by atoms with Gasteiger partial charge in [-0.1, -0.05) is 6.07 Å². The minimum atomic E-state index is 0.0636. The lowest BCUT2D eigenvalue weighted by Gasteiger charge is -2.08. The molecule has 1 rings (SSSR count). The maximum atomic E-state index is 11.4. The number of rotatable bonds is 6. The number of hydrogen-bond donors (Lipinski definition) is 2. The van der Waals surface area contributed by atoms with E-state index < -0.39 is 0 Å². The van der Waals surface area contributed by atoms with Gasteiger partial charge in [-0.25, -0.2) is 0 Å². The number of hydrogen-bond acceptors (Lipinski definition) is 4. The van der Waals surface area contributed by atoms with Crippen molar-refractivity contribution in [3.8, 4) is 5.75 Å². The smallest absolute Gasteiger partial charge is 0.221 e. The number of nitrogen functional groups attached to an aromatic ring is 1. The van der Waals surface area contributed by atoms with Crippen molar-refractivity contribution in [3.63, 3.8) is 0 Å². The molecule has 94 valence electrons. The number of methoxy groups -OCH3 is 1. The molecule has 3 N–H and O–H groups in total. The maximum absolute atomic E-state index is 11.4. The van der Waals surface area contributed by atoms with Crippen molar-refractivity contribution in [1.82, 2.24) is 5.32 Å². The summed E-state index contributed by atoms with van der Waals surface area (Å²) >= 11 is 1.66. The van der Waals surface area contributed by atoms with E-state index in [0.29, 0.717) is 24.4 Å². The first-order chi connectivity index (χ1) is 8.17. The summed E-state index contributed by atoms with van der Waals surface area (Å²) in [5, 5.41) is 2.85. The third-order valence-corrected chi connectivity index (χ3v) is 2.93. The van der Waals surface area contributed by atoms with Gasteiger partial charge in [-0.15, -0.1) is 0 Å². The fourth-order valence-corrected chi connectivity index (χ4v) is 1.77. The van der Waals surface area contributed by atoms with Crippen LogP contribution < -0.4 is 15.8 Å². The number of benzene rings is 1. The highest BCUT2D eigenvalue weighted by atomic mass is 32.2. The number of amides is 1. The summed E-state index contributed by atoms with van der Waals surface area (Å²) < 4.78 is 5.06. The Kier molecular flexibility index (Phi) is 5.69. The van der Waals surface area contributed by atoms with Crippen LogP contribution in [0.3, 0.4) is 0 Å². The first-order valence-electron chi connectivity index (χ1n) is 5.35. The molecule has 1 amide bonds. The Morgan fingerprint density at radius 2 is 2.29 bits per heavy atom. The lowest BCUT2D eigenvalue weighted by atomic mass is 10.2. The average Bonchev–Trinajstić information content (AvgIpc) is 2.34. The van der Waals surface area contributed by atoms with E-state index in [4.69, 9.17) is 10.5 Å². The highest BCUT2D eigenvalue weighted by Crippen LogP contribution is 2.21. The molecular weight excluding hydrogens is 236 g/mol. The second-order valence-corrected chi connectivity index (χ2v) is 4.58. The Morgan fingerprint density at radius 3 is 2.88 bits per heavy atom. The zero-order valence-corrected chi connectivity index (χ0v) is 11.0. The van der Waals surface area contributed by atoms with Crippen LogP contribution in [0.25, 0.3) is 0 Å². The number of ether oxygens (including phenoxy) is 1. The van der Waals surface area contributed by atoms with Gasteiger partial charge in [0.1, 0.15) is 5.75 Å². The van der Waals surface area contributed by atoms with Crippen molar-refractivity contribution < 1.29 is 9.53 Å². The quantitative estimate of drug-likeness (QED) is 0.758. The summed E-state index contributed by atoms with van der Waals surface area (Å²) in [6.45, 7) is 0.501. The van der Waals surface area contributed by atoms with Crippen molar-refractivity contribution in [2.24, 2.45) is 0 Å². The Hall–Kier alpha value is -1.36. The molecule has 0 fully saturated rings. The van der Waals surface area contributed by atoms with Crippen molar-refractivity contribution in [3.05, 3.63) is 23.8 Å². The molecule has 0 aliphatic heterocycles. The van der Waals surface area contributed by atoms with Crippen LogP contribution in [-0.2, 0) is 11.3 Å². The molecule has 5 heteroatoms. The molecular formula is C12H18N2O2S. The van der Waals surface area contributed by atoms with Crippen LogP contribution in [-0.4, -0.2) is 25.0 Å². The lowest BCUT2D eigenvalue weighted by molar-refractivity contribution is -0.120. The van der Waals surface area contributed by atoms with Crippen molar-refractivity contribution in [1.29, 1.82) is 0 Å². The number of nitrogens with one attached hydrogen (secondary N) is 1. The van der Waals surface area contributed by atoms with E-state index in [1.807, 2.05) is 18.4 Å². The van der Waals surface area contributed by atoms with E-state index in [2.05, 4.69) is 5.32 Å². The molecule has 0 aliphatic rings. The van der Waals surface area contributed by atoms with E-state index in [9.17, 15) is 4.79 Å². The first kappa shape index (κ1) is 13.7.